The molecule has 0 aliphatic rings. The Bertz CT molecular complexity index is 735. The number of H-pyrrole nitrogens is 1. The molecule has 0 unspecified atom stereocenters. The predicted molar refractivity (Wildman–Crippen MR) is 86.2 cm³/mol. The molecular weight excluding hydrogens is 296 g/mol. The molecule has 2 aromatic heterocycles. The largest absolute Gasteiger partial charge is 0.395 e. The van der Waals surface area contributed by atoms with Gasteiger partial charge < -0.3 is 19.6 Å². The lowest BCUT2D eigenvalue weighted by molar-refractivity contribution is 0.0701. The molecule has 1 amide bonds. The van der Waals surface area contributed by atoms with Crippen LogP contribution < -0.4 is 5.56 Å². The standard InChI is InChI=1S/C16H22N4O3/c1-4-13-11(2)9-12(15(22)19(13)3)16(23)20(7-8-21)10-14-17-5-6-18-14/h5-6,9,21H,4,7-8,10H2,1-3H3,(H,17,18). The van der Waals surface area contributed by atoms with Gasteiger partial charge in [-0.2, -0.15) is 0 Å². The molecule has 0 aliphatic carbocycles. The van der Waals surface area contributed by atoms with Crippen LogP contribution in [0.25, 0.3) is 0 Å². The van der Waals surface area contributed by atoms with Crippen LogP contribution in [0.5, 0.6) is 0 Å². The number of pyridine rings is 1. The molecule has 23 heavy (non-hydrogen) atoms. The minimum atomic E-state index is -0.401. The summed E-state index contributed by atoms with van der Waals surface area (Å²) in [5.41, 5.74) is 1.60. The number of imidazole rings is 1. The van der Waals surface area contributed by atoms with Gasteiger partial charge in [0.2, 0.25) is 0 Å². The molecule has 2 N–H and O–H groups in total. The first-order chi connectivity index (χ1) is 11.0. The van der Waals surface area contributed by atoms with Gasteiger partial charge >= 0.3 is 0 Å². The van der Waals surface area contributed by atoms with Crippen molar-refractivity contribution in [3.63, 3.8) is 0 Å². The molecule has 0 atom stereocenters. The van der Waals surface area contributed by atoms with E-state index >= 15 is 0 Å². The number of amides is 1. The maximum absolute atomic E-state index is 12.7. The number of aliphatic hydroxyl groups excluding tert-OH is 1. The van der Waals surface area contributed by atoms with Crippen molar-refractivity contribution >= 4 is 5.91 Å². The van der Waals surface area contributed by atoms with Crippen molar-refractivity contribution in [3.8, 4) is 0 Å². The van der Waals surface area contributed by atoms with Crippen LogP contribution in [-0.2, 0) is 20.0 Å². The van der Waals surface area contributed by atoms with Crippen molar-refractivity contribution in [2.75, 3.05) is 13.2 Å². The van der Waals surface area contributed by atoms with Gasteiger partial charge in [-0.05, 0) is 25.0 Å². The quantitative estimate of drug-likeness (QED) is 0.816. The Morgan fingerprint density at radius 3 is 2.78 bits per heavy atom. The van der Waals surface area contributed by atoms with E-state index in [1.807, 2.05) is 13.8 Å². The third-order valence-electron chi connectivity index (χ3n) is 3.87. The van der Waals surface area contributed by atoms with Gasteiger partial charge in [0.1, 0.15) is 11.4 Å². The van der Waals surface area contributed by atoms with Crippen molar-refractivity contribution in [3.05, 3.63) is 51.5 Å². The number of aliphatic hydroxyl groups is 1. The van der Waals surface area contributed by atoms with Gasteiger partial charge in [-0.15, -0.1) is 0 Å². The highest BCUT2D eigenvalue weighted by atomic mass is 16.3. The van der Waals surface area contributed by atoms with Gasteiger partial charge in [0, 0.05) is 31.7 Å². The first-order valence-electron chi connectivity index (χ1n) is 7.57. The molecule has 0 saturated carbocycles. The first kappa shape index (κ1) is 17.0. The summed E-state index contributed by atoms with van der Waals surface area (Å²) >= 11 is 0. The Morgan fingerprint density at radius 2 is 2.22 bits per heavy atom. The number of aromatic amines is 1. The van der Waals surface area contributed by atoms with Gasteiger partial charge in [-0.3, -0.25) is 9.59 Å². The van der Waals surface area contributed by atoms with Crippen LogP contribution in [0.15, 0.2) is 23.3 Å². The number of carbonyl (C=O) groups is 1. The van der Waals surface area contributed by atoms with E-state index in [2.05, 4.69) is 9.97 Å². The molecule has 2 heterocycles. The Labute approximate surface area is 134 Å². The minimum Gasteiger partial charge on any atom is -0.395 e. The second kappa shape index (κ2) is 7.23. The zero-order valence-corrected chi connectivity index (χ0v) is 13.7. The van der Waals surface area contributed by atoms with Crippen LogP contribution in [0.4, 0.5) is 0 Å². The Morgan fingerprint density at radius 1 is 1.48 bits per heavy atom. The number of rotatable bonds is 6. The van der Waals surface area contributed by atoms with Crippen LogP contribution in [0.2, 0.25) is 0 Å². The van der Waals surface area contributed by atoms with Crippen LogP contribution in [-0.4, -0.2) is 43.6 Å². The number of hydrogen-bond donors (Lipinski definition) is 2. The normalized spacial score (nSPS) is 10.8. The van der Waals surface area contributed by atoms with E-state index in [1.165, 1.54) is 9.47 Å². The van der Waals surface area contributed by atoms with Crippen LogP contribution in [0, 0.1) is 6.92 Å². The van der Waals surface area contributed by atoms with Crippen LogP contribution in [0.3, 0.4) is 0 Å². The van der Waals surface area contributed by atoms with Crippen molar-refractivity contribution in [2.24, 2.45) is 7.05 Å². The molecule has 0 bridgehead atoms. The van der Waals surface area contributed by atoms with E-state index in [9.17, 15) is 14.7 Å². The van der Waals surface area contributed by atoms with E-state index in [0.717, 1.165) is 17.7 Å². The molecule has 124 valence electrons. The van der Waals surface area contributed by atoms with Gasteiger partial charge in [0.25, 0.3) is 11.5 Å². The highest BCUT2D eigenvalue weighted by Crippen LogP contribution is 2.11. The molecule has 0 aromatic carbocycles. The van der Waals surface area contributed by atoms with Crippen molar-refractivity contribution in [1.29, 1.82) is 0 Å². The lowest BCUT2D eigenvalue weighted by Crippen LogP contribution is -2.38. The van der Waals surface area contributed by atoms with Gasteiger partial charge in [0.15, 0.2) is 0 Å². The average Bonchev–Trinajstić information content (AvgIpc) is 3.03. The third kappa shape index (κ3) is 3.50. The Hall–Kier alpha value is -2.41. The summed E-state index contributed by atoms with van der Waals surface area (Å²) in [4.78, 5) is 33.6. The van der Waals surface area contributed by atoms with E-state index in [1.54, 1.807) is 25.5 Å². The number of aromatic nitrogens is 3. The topological polar surface area (TPSA) is 91.2 Å². The monoisotopic (exact) mass is 318 g/mol. The second-order valence-electron chi connectivity index (χ2n) is 5.39. The molecule has 0 spiro atoms. The summed E-state index contributed by atoms with van der Waals surface area (Å²) in [5.74, 6) is 0.201. The summed E-state index contributed by atoms with van der Waals surface area (Å²) in [5, 5.41) is 9.21. The minimum absolute atomic E-state index is 0.113. The number of carbonyl (C=O) groups excluding carboxylic acids is 1. The summed E-state index contributed by atoms with van der Waals surface area (Å²) in [6.07, 6.45) is 3.98. The van der Waals surface area contributed by atoms with Gasteiger partial charge in [0.05, 0.1) is 13.2 Å². The van der Waals surface area contributed by atoms with E-state index in [4.69, 9.17) is 0 Å². The smallest absolute Gasteiger partial charge is 0.263 e. The highest BCUT2D eigenvalue weighted by Gasteiger charge is 2.21. The lowest BCUT2D eigenvalue weighted by Gasteiger charge is -2.21. The number of hydrogen-bond acceptors (Lipinski definition) is 4. The van der Waals surface area contributed by atoms with Crippen molar-refractivity contribution < 1.29 is 9.90 Å². The fourth-order valence-corrected chi connectivity index (χ4v) is 2.71. The molecule has 0 fully saturated rings. The summed E-state index contributed by atoms with van der Waals surface area (Å²) in [6.45, 7) is 4.02. The van der Waals surface area contributed by atoms with E-state index < -0.39 is 5.91 Å². The molecule has 0 aliphatic heterocycles. The first-order valence-corrected chi connectivity index (χ1v) is 7.57. The molecule has 0 saturated heterocycles. The third-order valence-corrected chi connectivity index (χ3v) is 3.87. The number of aryl methyl sites for hydroxylation is 1. The van der Waals surface area contributed by atoms with Crippen molar-refractivity contribution in [2.45, 2.75) is 26.8 Å². The molecule has 7 heteroatoms. The highest BCUT2D eigenvalue weighted by molar-refractivity contribution is 5.94. The molecule has 2 aromatic rings. The summed E-state index contributed by atoms with van der Waals surface area (Å²) < 4.78 is 1.52. The second-order valence-corrected chi connectivity index (χ2v) is 5.39. The zero-order valence-electron chi connectivity index (χ0n) is 13.7. The van der Waals surface area contributed by atoms with E-state index in [-0.39, 0.29) is 30.8 Å². The summed E-state index contributed by atoms with van der Waals surface area (Å²) in [6, 6.07) is 1.63. The van der Waals surface area contributed by atoms with Gasteiger partial charge in [-0.25, -0.2) is 4.98 Å². The average molecular weight is 318 g/mol. The SMILES string of the molecule is CCc1c(C)cc(C(=O)N(CCO)Cc2ncc[nH]2)c(=O)n1C. The zero-order chi connectivity index (χ0) is 17.0. The van der Waals surface area contributed by atoms with Gasteiger partial charge in [-0.1, -0.05) is 6.92 Å². The fraction of sp³-hybridized carbons (Fsp3) is 0.438. The lowest BCUT2D eigenvalue weighted by atomic mass is 10.1. The maximum atomic E-state index is 12.7. The predicted octanol–water partition coefficient (Wildman–Crippen LogP) is 0.614. The molecule has 0 radical (unpaired) electrons. The fourth-order valence-electron chi connectivity index (χ4n) is 2.71. The van der Waals surface area contributed by atoms with Crippen LogP contribution >= 0.6 is 0 Å². The van der Waals surface area contributed by atoms with Crippen molar-refractivity contribution in [1.82, 2.24) is 19.4 Å². The molecular formula is C16H22N4O3. The Kier molecular flexibility index (Phi) is 5.33. The number of nitrogens with one attached hydrogen (secondary N) is 1. The van der Waals surface area contributed by atoms with E-state index in [0.29, 0.717) is 5.82 Å². The maximum Gasteiger partial charge on any atom is 0.263 e. The molecule has 2 rings (SSSR count). The van der Waals surface area contributed by atoms with Crippen LogP contribution in [0.1, 0.15) is 34.4 Å². The summed E-state index contributed by atoms with van der Waals surface area (Å²) in [7, 11) is 1.67. The Balaban J connectivity index is 2.38. The number of nitrogens with zero attached hydrogens (tertiary/aromatic N) is 3. The molecule has 7 nitrogen and oxygen atoms in total.